The van der Waals surface area contributed by atoms with Crippen LogP contribution in [0.3, 0.4) is 0 Å². The van der Waals surface area contributed by atoms with E-state index >= 15 is 0 Å². The molecule has 2 aliphatic rings. The summed E-state index contributed by atoms with van der Waals surface area (Å²) in [5.74, 6) is -1.59. The SMILES string of the molecule is COC(=O)C1(C(=O)OC)OC(c2ccc(C)cc2)C2(C)c3cccc(Cl)c3N(C)C12. The molecule has 0 radical (unpaired) electrons. The first-order valence-corrected chi connectivity index (χ1v) is 10.0. The zero-order chi connectivity index (χ0) is 21.8. The first-order chi connectivity index (χ1) is 14.2. The van der Waals surface area contributed by atoms with E-state index in [1.54, 1.807) is 6.07 Å². The Hall–Kier alpha value is -2.57. The van der Waals surface area contributed by atoms with E-state index in [0.29, 0.717) is 5.02 Å². The van der Waals surface area contributed by atoms with Crippen molar-refractivity contribution >= 4 is 29.2 Å². The van der Waals surface area contributed by atoms with Gasteiger partial charge >= 0.3 is 11.9 Å². The molecule has 0 aromatic heterocycles. The van der Waals surface area contributed by atoms with Gasteiger partial charge < -0.3 is 19.1 Å². The molecule has 7 heteroatoms. The molecule has 158 valence electrons. The average molecular weight is 430 g/mol. The molecule has 4 rings (SSSR count). The van der Waals surface area contributed by atoms with Gasteiger partial charge in [0.1, 0.15) is 0 Å². The van der Waals surface area contributed by atoms with E-state index in [4.69, 9.17) is 25.8 Å². The Bertz CT molecular complexity index is 1000. The zero-order valence-corrected chi connectivity index (χ0v) is 18.3. The first kappa shape index (κ1) is 20.7. The van der Waals surface area contributed by atoms with E-state index in [0.717, 1.165) is 22.4 Å². The number of hydrogen-bond donors (Lipinski definition) is 0. The lowest BCUT2D eigenvalue weighted by Crippen LogP contribution is -2.62. The van der Waals surface area contributed by atoms with Crippen LogP contribution >= 0.6 is 11.6 Å². The fraction of sp³-hybridized carbons (Fsp3) is 0.391. The maximum absolute atomic E-state index is 13.1. The number of ether oxygens (including phenoxy) is 3. The number of para-hydroxylation sites is 1. The highest BCUT2D eigenvalue weighted by Crippen LogP contribution is 2.63. The van der Waals surface area contributed by atoms with Crippen LogP contribution in [-0.4, -0.2) is 44.8 Å². The lowest BCUT2D eigenvalue weighted by Gasteiger charge is -2.35. The number of methoxy groups -OCH3 is 2. The predicted molar refractivity (Wildman–Crippen MR) is 113 cm³/mol. The molecule has 0 spiro atoms. The molecule has 0 N–H and O–H groups in total. The Morgan fingerprint density at radius 2 is 1.67 bits per heavy atom. The van der Waals surface area contributed by atoms with Gasteiger partial charge in [-0.3, -0.25) is 0 Å². The Labute approximate surface area is 180 Å². The first-order valence-electron chi connectivity index (χ1n) is 9.66. The summed E-state index contributed by atoms with van der Waals surface area (Å²) in [4.78, 5) is 28.1. The third-order valence-electron chi connectivity index (χ3n) is 6.47. The van der Waals surface area contributed by atoms with Crippen molar-refractivity contribution in [1.82, 2.24) is 0 Å². The number of carbonyl (C=O) groups is 2. The lowest BCUT2D eigenvalue weighted by molar-refractivity contribution is -0.187. The van der Waals surface area contributed by atoms with Gasteiger partial charge in [-0.1, -0.05) is 60.5 Å². The van der Waals surface area contributed by atoms with Crippen LogP contribution in [0.5, 0.6) is 0 Å². The quantitative estimate of drug-likeness (QED) is 0.549. The Balaban J connectivity index is 2.03. The second kappa shape index (κ2) is 7.00. The number of benzene rings is 2. The van der Waals surface area contributed by atoms with Crippen molar-refractivity contribution in [2.45, 2.75) is 37.0 Å². The summed E-state index contributed by atoms with van der Waals surface area (Å²) in [6.45, 7) is 3.99. The molecule has 2 aromatic carbocycles. The minimum absolute atomic E-state index is 0.539. The minimum atomic E-state index is -1.97. The van der Waals surface area contributed by atoms with Gasteiger partial charge in [-0.15, -0.1) is 0 Å². The summed E-state index contributed by atoms with van der Waals surface area (Å²) in [6, 6.07) is 12.8. The topological polar surface area (TPSA) is 65.1 Å². The van der Waals surface area contributed by atoms with Gasteiger partial charge in [0.25, 0.3) is 5.60 Å². The fourth-order valence-corrected chi connectivity index (χ4v) is 5.51. The van der Waals surface area contributed by atoms with E-state index < -0.39 is 35.1 Å². The summed E-state index contributed by atoms with van der Waals surface area (Å²) in [6.07, 6.45) is -0.608. The van der Waals surface area contributed by atoms with Crippen molar-refractivity contribution in [3.05, 3.63) is 64.2 Å². The van der Waals surface area contributed by atoms with E-state index in [9.17, 15) is 9.59 Å². The van der Waals surface area contributed by atoms with Crippen LogP contribution in [0.1, 0.15) is 29.7 Å². The van der Waals surface area contributed by atoms with Crippen LogP contribution < -0.4 is 4.90 Å². The van der Waals surface area contributed by atoms with Crippen LogP contribution in [0.2, 0.25) is 5.02 Å². The molecule has 2 heterocycles. The van der Waals surface area contributed by atoms with Crippen molar-refractivity contribution < 1.29 is 23.8 Å². The largest absolute Gasteiger partial charge is 0.466 e. The molecule has 2 aliphatic heterocycles. The highest BCUT2D eigenvalue weighted by molar-refractivity contribution is 6.33. The maximum Gasteiger partial charge on any atom is 0.352 e. The zero-order valence-electron chi connectivity index (χ0n) is 17.6. The highest BCUT2D eigenvalue weighted by Gasteiger charge is 2.75. The van der Waals surface area contributed by atoms with Gasteiger partial charge in [0.2, 0.25) is 0 Å². The Morgan fingerprint density at radius 1 is 1.07 bits per heavy atom. The van der Waals surface area contributed by atoms with Crippen LogP contribution in [0.4, 0.5) is 5.69 Å². The number of likely N-dealkylation sites (N-methyl/N-ethyl adjacent to an activating group) is 1. The van der Waals surface area contributed by atoms with Crippen molar-refractivity contribution in [2.24, 2.45) is 0 Å². The van der Waals surface area contributed by atoms with Gasteiger partial charge in [0.15, 0.2) is 0 Å². The van der Waals surface area contributed by atoms with Crippen molar-refractivity contribution in [2.75, 3.05) is 26.2 Å². The number of fused-ring (bicyclic) bond motifs is 3. The standard InChI is InChI=1S/C23H24ClNO5/c1-13-9-11-14(12-10-13)18-22(2)15-7-6-8-16(24)17(15)25(3)19(22)23(30-18,20(26)28-4)21(27)29-5/h6-12,18-19H,1-5H3. The summed E-state index contributed by atoms with van der Waals surface area (Å²) >= 11 is 6.56. The highest BCUT2D eigenvalue weighted by atomic mass is 35.5. The normalized spacial score (nSPS) is 26.1. The molecule has 1 saturated heterocycles. The maximum atomic E-state index is 13.1. The third kappa shape index (κ3) is 2.47. The summed E-state index contributed by atoms with van der Waals surface area (Å²) in [5.41, 5.74) is 0.881. The molecule has 2 aromatic rings. The number of carbonyl (C=O) groups excluding carboxylic acids is 2. The van der Waals surface area contributed by atoms with Gasteiger partial charge in [-0.2, -0.15) is 0 Å². The van der Waals surface area contributed by atoms with E-state index in [2.05, 4.69) is 0 Å². The van der Waals surface area contributed by atoms with E-state index in [1.165, 1.54) is 14.2 Å². The second-order valence-corrected chi connectivity index (χ2v) is 8.47. The molecule has 0 saturated carbocycles. The summed E-state index contributed by atoms with van der Waals surface area (Å²) in [5, 5.41) is 0.539. The number of hydrogen-bond acceptors (Lipinski definition) is 6. The number of nitrogens with zero attached hydrogens (tertiary/aromatic N) is 1. The van der Waals surface area contributed by atoms with Crippen molar-refractivity contribution in [3.63, 3.8) is 0 Å². The molecule has 1 fully saturated rings. The van der Waals surface area contributed by atoms with Gasteiger partial charge in [-0.25, -0.2) is 9.59 Å². The number of rotatable bonds is 3. The van der Waals surface area contributed by atoms with Crippen LogP contribution in [0, 0.1) is 6.92 Å². The van der Waals surface area contributed by atoms with E-state index in [-0.39, 0.29) is 0 Å². The minimum Gasteiger partial charge on any atom is -0.466 e. The summed E-state index contributed by atoms with van der Waals surface area (Å²) in [7, 11) is 4.28. The van der Waals surface area contributed by atoms with Crippen LogP contribution in [0.15, 0.2) is 42.5 Å². The molecule has 3 unspecified atom stereocenters. The molecule has 0 aliphatic carbocycles. The molecule has 30 heavy (non-hydrogen) atoms. The van der Waals surface area contributed by atoms with Gasteiger partial charge in [0, 0.05) is 12.5 Å². The van der Waals surface area contributed by atoms with Gasteiger partial charge in [-0.05, 0) is 24.1 Å². The van der Waals surface area contributed by atoms with Crippen molar-refractivity contribution in [1.29, 1.82) is 0 Å². The van der Waals surface area contributed by atoms with E-state index in [1.807, 2.05) is 62.2 Å². The molecular formula is C23H24ClNO5. The summed E-state index contributed by atoms with van der Waals surface area (Å²) < 4.78 is 16.5. The smallest absolute Gasteiger partial charge is 0.352 e. The predicted octanol–water partition coefficient (Wildman–Crippen LogP) is 3.58. The molecular weight excluding hydrogens is 406 g/mol. The monoisotopic (exact) mass is 429 g/mol. The molecule has 0 amide bonds. The number of anilines is 1. The average Bonchev–Trinajstić information content (AvgIpc) is 3.16. The van der Waals surface area contributed by atoms with Gasteiger partial charge in [0.05, 0.1) is 37.1 Å². The lowest BCUT2D eigenvalue weighted by atomic mass is 9.69. The number of esters is 2. The molecule has 6 nitrogen and oxygen atoms in total. The Morgan fingerprint density at radius 3 is 2.23 bits per heavy atom. The number of aryl methyl sites for hydroxylation is 1. The Kier molecular flexibility index (Phi) is 4.83. The second-order valence-electron chi connectivity index (χ2n) is 8.06. The molecule has 3 atom stereocenters. The van der Waals surface area contributed by atoms with Crippen LogP contribution in [0.25, 0.3) is 0 Å². The van der Waals surface area contributed by atoms with Crippen molar-refractivity contribution in [3.8, 4) is 0 Å². The fourth-order valence-electron chi connectivity index (χ4n) is 5.20. The molecule has 0 bridgehead atoms. The van der Waals surface area contributed by atoms with Crippen LogP contribution in [-0.2, 0) is 29.2 Å². The third-order valence-corrected chi connectivity index (χ3v) is 6.77. The number of halogens is 1.